The summed E-state index contributed by atoms with van der Waals surface area (Å²) in [4.78, 5) is 38.9. The van der Waals surface area contributed by atoms with Gasteiger partial charge in [-0.3, -0.25) is 14.5 Å². The van der Waals surface area contributed by atoms with E-state index in [2.05, 4.69) is 20.3 Å². The zero-order chi connectivity index (χ0) is 21.3. The van der Waals surface area contributed by atoms with Gasteiger partial charge >= 0.3 is 0 Å². The summed E-state index contributed by atoms with van der Waals surface area (Å²) < 4.78 is 19.0. The molecule has 0 radical (unpaired) electrons. The summed E-state index contributed by atoms with van der Waals surface area (Å²) in [6.45, 7) is 1.79. The number of fused-ring (bicyclic) bond motifs is 1. The van der Waals surface area contributed by atoms with E-state index in [0.29, 0.717) is 5.69 Å². The summed E-state index contributed by atoms with van der Waals surface area (Å²) in [6, 6.07) is 9.54. The number of aryl methyl sites for hydroxylation is 1. The van der Waals surface area contributed by atoms with Gasteiger partial charge in [0.25, 0.3) is 11.8 Å². The summed E-state index contributed by atoms with van der Waals surface area (Å²) in [7, 11) is 1.48. The van der Waals surface area contributed by atoms with E-state index in [1.54, 1.807) is 6.07 Å². The second-order valence-electron chi connectivity index (χ2n) is 6.84. The van der Waals surface area contributed by atoms with E-state index in [0.717, 1.165) is 23.4 Å². The van der Waals surface area contributed by atoms with E-state index in [1.807, 2.05) is 31.2 Å². The first-order valence-corrected chi connectivity index (χ1v) is 9.19. The van der Waals surface area contributed by atoms with E-state index in [9.17, 15) is 14.0 Å². The molecule has 3 aromatic rings. The van der Waals surface area contributed by atoms with Gasteiger partial charge in [-0.2, -0.15) is 0 Å². The highest BCUT2D eigenvalue weighted by Gasteiger charge is 2.32. The van der Waals surface area contributed by atoms with Crippen LogP contribution < -0.4 is 15.0 Å². The number of nitrogens with one attached hydrogen (secondary N) is 1. The van der Waals surface area contributed by atoms with Crippen molar-refractivity contribution in [2.75, 3.05) is 18.6 Å². The van der Waals surface area contributed by atoms with E-state index in [-0.39, 0.29) is 24.0 Å². The van der Waals surface area contributed by atoms with E-state index >= 15 is 0 Å². The molecule has 1 aliphatic heterocycles. The number of pyridine rings is 1. The fourth-order valence-electron chi connectivity index (χ4n) is 3.11. The highest BCUT2D eigenvalue weighted by molar-refractivity contribution is 6.01. The van der Waals surface area contributed by atoms with Crippen molar-refractivity contribution in [1.29, 1.82) is 0 Å². The van der Waals surface area contributed by atoms with Crippen molar-refractivity contribution in [3.05, 3.63) is 66.0 Å². The zero-order valence-corrected chi connectivity index (χ0v) is 16.3. The van der Waals surface area contributed by atoms with Crippen molar-refractivity contribution < 1.29 is 18.7 Å². The number of benzene rings is 1. The minimum absolute atomic E-state index is 0.0737. The van der Waals surface area contributed by atoms with Crippen LogP contribution in [0.3, 0.4) is 0 Å². The number of anilines is 1. The molecule has 1 aliphatic rings. The maximum atomic E-state index is 13.5. The van der Waals surface area contributed by atoms with Crippen molar-refractivity contribution in [2.24, 2.45) is 0 Å². The van der Waals surface area contributed by atoms with E-state index in [1.165, 1.54) is 18.1 Å². The number of carbonyl (C=O) groups excluding carboxylic acids is 2. The highest BCUT2D eigenvalue weighted by atomic mass is 19.1. The molecule has 0 aliphatic carbocycles. The molecule has 0 saturated heterocycles. The Morgan fingerprint density at radius 2 is 2.10 bits per heavy atom. The number of rotatable bonds is 3. The lowest BCUT2D eigenvalue weighted by Gasteiger charge is -2.19. The normalized spacial score (nSPS) is 15.8. The molecule has 2 aromatic heterocycles. The molecule has 8 nitrogen and oxygen atoms in total. The first-order chi connectivity index (χ1) is 14.4. The second-order valence-corrected chi connectivity index (χ2v) is 6.84. The zero-order valence-electron chi connectivity index (χ0n) is 16.3. The largest absolute Gasteiger partial charge is 0.487 e. The lowest BCUT2D eigenvalue weighted by molar-refractivity contribution is -0.120. The molecule has 1 atom stereocenters. The average molecular weight is 407 g/mol. The molecule has 4 rings (SSSR count). The highest BCUT2D eigenvalue weighted by Crippen LogP contribution is 2.28. The smallest absolute Gasteiger partial charge is 0.289 e. The number of ether oxygens (including phenoxy) is 1. The topological polar surface area (TPSA) is 97.3 Å². The van der Waals surface area contributed by atoms with Crippen molar-refractivity contribution >= 4 is 17.6 Å². The SMILES string of the molecule is Cc1cccc(-c2ccnc(C(=O)N[C@H]3COc4cc(F)cnc4N(C)C3=O)n2)c1. The fraction of sp³-hybridized carbons (Fsp3) is 0.190. The lowest BCUT2D eigenvalue weighted by atomic mass is 10.1. The van der Waals surface area contributed by atoms with Crippen molar-refractivity contribution in [3.8, 4) is 17.0 Å². The summed E-state index contributed by atoms with van der Waals surface area (Å²) in [5, 5.41) is 2.59. The minimum atomic E-state index is -1.01. The van der Waals surface area contributed by atoms with Crippen LogP contribution in [0.15, 0.2) is 48.8 Å². The van der Waals surface area contributed by atoms with Crippen LogP contribution in [0.25, 0.3) is 11.3 Å². The maximum Gasteiger partial charge on any atom is 0.289 e. The third-order valence-corrected chi connectivity index (χ3v) is 4.63. The van der Waals surface area contributed by atoms with Crippen LogP contribution in [0.1, 0.15) is 16.2 Å². The average Bonchev–Trinajstić information content (AvgIpc) is 2.85. The number of carbonyl (C=O) groups is 2. The number of halogens is 1. The van der Waals surface area contributed by atoms with Crippen LogP contribution in [0.4, 0.5) is 10.2 Å². The molecule has 152 valence electrons. The van der Waals surface area contributed by atoms with Crippen LogP contribution in [0.5, 0.6) is 5.75 Å². The summed E-state index contributed by atoms with van der Waals surface area (Å²) >= 11 is 0. The van der Waals surface area contributed by atoms with Gasteiger partial charge in [-0.15, -0.1) is 0 Å². The number of hydrogen-bond acceptors (Lipinski definition) is 6. The monoisotopic (exact) mass is 407 g/mol. The molecule has 0 unspecified atom stereocenters. The standard InChI is InChI=1S/C21H18FN5O3/c1-12-4-3-5-13(8-12)15-6-7-23-18(25-15)20(28)26-16-11-30-17-9-14(22)10-24-19(17)27(2)21(16)29/h3-10,16H,11H2,1-2H3,(H,26,28)/t16-/m0/s1. The molecule has 2 amide bonds. The minimum Gasteiger partial charge on any atom is -0.487 e. The Morgan fingerprint density at radius 3 is 2.90 bits per heavy atom. The molecular formula is C21H18FN5O3. The first kappa shape index (κ1) is 19.4. The third-order valence-electron chi connectivity index (χ3n) is 4.63. The molecule has 0 saturated carbocycles. The maximum absolute atomic E-state index is 13.5. The van der Waals surface area contributed by atoms with Crippen LogP contribution in [0, 0.1) is 12.7 Å². The predicted molar refractivity (Wildman–Crippen MR) is 107 cm³/mol. The van der Waals surface area contributed by atoms with Gasteiger partial charge in [-0.1, -0.05) is 23.8 Å². The molecule has 0 spiro atoms. The third kappa shape index (κ3) is 3.82. The van der Waals surface area contributed by atoms with Crippen LogP contribution in [-0.4, -0.2) is 46.5 Å². The van der Waals surface area contributed by atoms with Crippen LogP contribution in [0.2, 0.25) is 0 Å². The molecule has 0 fully saturated rings. The van der Waals surface area contributed by atoms with Gasteiger partial charge in [-0.25, -0.2) is 19.3 Å². The Hall–Kier alpha value is -3.88. The van der Waals surface area contributed by atoms with Crippen molar-refractivity contribution in [1.82, 2.24) is 20.3 Å². The van der Waals surface area contributed by atoms with Crippen molar-refractivity contribution in [3.63, 3.8) is 0 Å². The molecule has 30 heavy (non-hydrogen) atoms. The number of amides is 2. The molecule has 3 heterocycles. The number of nitrogens with zero attached hydrogens (tertiary/aromatic N) is 4. The summed E-state index contributed by atoms with van der Waals surface area (Å²) in [5.41, 5.74) is 2.50. The Bertz CT molecular complexity index is 1140. The van der Waals surface area contributed by atoms with Crippen LogP contribution in [-0.2, 0) is 4.79 Å². The Labute approximate surface area is 171 Å². The molecule has 1 aromatic carbocycles. The van der Waals surface area contributed by atoms with Gasteiger partial charge < -0.3 is 10.1 Å². The quantitative estimate of drug-likeness (QED) is 0.715. The predicted octanol–water partition coefficient (Wildman–Crippen LogP) is 2.14. The molecule has 0 bridgehead atoms. The van der Waals surface area contributed by atoms with Crippen molar-refractivity contribution in [2.45, 2.75) is 13.0 Å². The Morgan fingerprint density at radius 1 is 1.27 bits per heavy atom. The molecule has 9 heteroatoms. The summed E-state index contributed by atoms with van der Waals surface area (Å²) in [6.07, 6.45) is 2.48. The van der Waals surface area contributed by atoms with Gasteiger partial charge in [0.15, 0.2) is 11.6 Å². The van der Waals surface area contributed by atoms with Gasteiger partial charge in [0.05, 0.1) is 11.9 Å². The Kier molecular flexibility index (Phi) is 5.09. The Balaban J connectivity index is 1.54. The number of likely N-dealkylation sites (N-methyl/N-ethyl adjacent to an activating group) is 1. The second kappa shape index (κ2) is 7.86. The number of hydrogen-bond donors (Lipinski definition) is 1. The molecule has 1 N–H and O–H groups in total. The van der Waals surface area contributed by atoms with Crippen LogP contribution >= 0.6 is 0 Å². The first-order valence-electron chi connectivity index (χ1n) is 9.19. The van der Waals surface area contributed by atoms with Gasteiger partial charge in [0.2, 0.25) is 5.82 Å². The van der Waals surface area contributed by atoms with Gasteiger partial charge in [-0.05, 0) is 19.1 Å². The van der Waals surface area contributed by atoms with E-state index < -0.39 is 23.7 Å². The number of aromatic nitrogens is 3. The molecular weight excluding hydrogens is 389 g/mol. The summed E-state index contributed by atoms with van der Waals surface area (Å²) in [5.74, 6) is -1.43. The lowest BCUT2D eigenvalue weighted by Crippen LogP contribution is -2.49. The van der Waals surface area contributed by atoms with Gasteiger partial charge in [0.1, 0.15) is 18.5 Å². The fourth-order valence-corrected chi connectivity index (χ4v) is 3.11. The van der Waals surface area contributed by atoms with Gasteiger partial charge in [0, 0.05) is 24.9 Å². The van der Waals surface area contributed by atoms with E-state index in [4.69, 9.17) is 4.74 Å².